The van der Waals surface area contributed by atoms with Gasteiger partial charge in [-0.05, 0) is 60.8 Å². The van der Waals surface area contributed by atoms with Crippen LogP contribution in [-0.4, -0.2) is 39.2 Å². The highest BCUT2D eigenvalue weighted by atomic mass is 35.5. The van der Waals surface area contributed by atoms with Crippen molar-refractivity contribution in [2.75, 3.05) is 13.2 Å². The Balaban J connectivity index is 1.44. The van der Waals surface area contributed by atoms with Crippen LogP contribution in [0.15, 0.2) is 72.8 Å². The average molecular weight is 496 g/mol. The van der Waals surface area contributed by atoms with Gasteiger partial charge in [0.2, 0.25) is 0 Å². The summed E-state index contributed by atoms with van der Waals surface area (Å²) >= 11 is 12.5. The Hall–Kier alpha value is -2.41. The van der Waals surface area contributed by atoms with E-state index >= 15 is 0 Å². The first kappa shape index (κ1) is 23.3. The molecule has 3 aromatic carbocycles. The molecule has 1 aromatic heterocycles. The third-order valence-electron chi connectivity index (χ3n) is 6.37. The number of imidazole rings is 1. The van der Waals surface area contributed by atoms with E-state index in [-0.39, 0.29) is 18.8 Å². The summed E-state index contributed by atoms with van der Waals surface area (Å²) in [5, 5.41) is 11.2. The minimum atomic E-state index is -0.515. The van der Waals surface area contributed by atoms with Crippen LogP contribution < -0.4 is 0 Å². The van der Waals surface area contributed by atoms with Crippen LogP contribution in [-0.2, 0) is 11.3 Å². The molecule has 0 saturated carbocycles. The van der Waals surface area contributed by atoms with Gasteiger partial charge in [-0.3, -0.25) is 4.90 Å². The maximum absolute atomic E-state index is 10.2. The Bertz CT molecular complexity index is 1190. The maximum Gasteiger partial charge on any atom is 0.121 e. The summed E-state index contributed by atoms with van der Waals surface area (Å²) in [6, 6.07) is 23.8. The summed E-state index contributed by atoms with van der Waals surface area (Å²) in [7, 11) is 0. The number of H-pyrrole nitrogens is 1. The summed E-state index contributed by atoms with van der Waals surface area (Å²) in [5.41, 5.74) is 3.97. The quantitative estimate of drug-likeness (QED) is 0.314. The lowest BCUT2D eigenvalue weighted by Crippen LogP contribution is -2.43. The van der Waals surface area contributed by atoms with Crippen LogP contribution >= 0.6 is 23.2 Å². The Kier molecular flexibility index (Phi) is 7.18. The molecule has 0 radical (unpaired) electrons. The molecule has 5 nitrogen and oxygen atoms in total. The molecule has 1 aliphatic heterocycles. The van der Waals surface area contributed by atoms with Crippen LogP contribution in [0.5, 0.6) is 0 Å². The lowest BCUT2D eigenvalue weighted by molar-refractivity contribution is -0.101. The van der Waals surface area contributed by atoms with E-state index in [0.29, 0.717) is 16.6 Å². The molecule has 0 unspecified atom stereocenters. The van der Waals surface area contributed by atoms with E-state index < -0.39 is 6.10 Å². The fraction of sp³-hybridized carbons (Fsp3) is 0.296. The van der Waals surface area contributed by atoms with Crippen LogP contribution in [0, 0.1) is 0 Å². The smallest absolute Gasteiger partial charge is 0.121 e. The molecular formula is C27H27Cl2N3O2. The van der Waals surface area contributed by atoms with Crippen LogP contribution in [0.1, 0.15) is 41.9 Å². The third-order valence-corrected chi connectivity index (χ3v) is 6.81. The van der Waals surface area contributed by atoms with Crippen LogP contribution in [0.25, 0.3) is 11.0 Å². The van der Waals surface area contributed by atoms with Crippen molar-refractivity contribution >= 4 is 34.2 Å². The fourth-order valence-electron chi connectivity index (χ4n) is 4.90. The molecule has 176 valence electrons. The topological polar surface area (TPSA) is 61.4 Å². The number of nitrogens with zero attached hydrogens (tertiary/aromatic N) is 2. The molecule has 1 saturated heterocycles. The van der Waals surface area contributed by atoms with Gasteiger partial charge in [0, 0.05) is 10.0 Å². The van der Waals surface area contributed by atoms with Gasteiger partial charge in [-0.25, -0.2) is 4.98 Å². The first-order valence-corrected chi connectivity index (χ1v) is 12.3. The second-order valence-electron chi connectivity index (χ2n) is 8.72. The van der Waals surface area contributed by atoms with E-state index in [4.69, 9.17) is 32.9 Å². The molecule has 1 fully saturated rings. The van der Waals surface area contributed by atoms with Crippen molar-refractivity contribution in [3.63, 3.8) is 0 Å². The summed E-state index contributed by atoms with van der Waals surface area (Å²) < 4.78 is 6.59. The van der Waals surface area contributed by atoms with Crippen molar-refractivity contribution in [2.24, 2.45) is 0 Å². The zero-order valence-electron chi connectivity index (χ0n) is 18.7. The summed E-state index contributed by atoms with van der Waals surface area (Å²) in [6.07, 6.45) is 1.25. The van der Waals surface area contributed by atoms with E-state index in [9.17, 15) is 5.11 Å². The zero-order valence-corrected chi connectivity index (χ0v) is 20.2. The van der Waals surface area contributed by atoms with E-state index in [1.54, 1.807) is 18.2 Å². The van der Waals surface area contributed by atoms with Crippen LogP contribution in [0.3, 0.4) is 0 Å². The van der Waals surface area contributed by atoms with E-state index in [1.807, 2.05) is 30.3 Å². The first-order chi connectivity index (χ1) is 16.6. The fourth-order valence-corrected chi connectivity index (χ4v) is 5.44. The molecule has 0 aliphatic carbocycles. The summed E-state index contributed by atoms with van der Waals surface area (Å²) in [5.74, 6) is 0.933. The number of piperidine rings is 1. The van der Waals surface area contributed by atoms with Gasteiger partial charge in [0.05, 0.1) is 36.3 Å². The minimum absolute atomic E-state index is 0.0202. The third kappa shape index (κ3) is 5.14. The number of aliphatic hydroxyl groups excluding tert-OH is 1. The molecule has 3 atom stereocenters. The molecular weight excluding hydrogens is 469 g/mol. The molecule has 0 bridgehead atoms. The first-order valence-electron chi connectivity index (χ1n) is 11.6. The number of aliphatic hydroxyl groups is 1. The number of fused-ring (bicyclic) bond motifs is 1. The summed E-state index contributed by atoms with van der Waals surface area (Å²) in [4.78, 5) is 10.7. The zero-order chi connectivity index (χ0) is 23.5. The maximum atomic E-state index is 10.2. The summed E-state index contributed by atoms with van der Waals surface area (Å²) in [6.45, 7) is 1.46. The largest absolute Gasteiger partial charge is 0.393 e. The monoisotopic (exact) mass is 495 g/mol. The highest BCUT2D eigenvalue weighted by Crippen LogP contribution is 2.37. The number of hydrogen-bond acceptors (Lipinski definition) is 4. The van der Waals surface area contributed by atoms with Gasteiger partial charge in [-0.2, -0.15) is 0 Å². The SMILES string of the molecule is OC[C@H](O[C@H]1CCCN(Cc2nc3ccccc3[nH]2)[C@H]1c1ccccc1)c1cc(Cl)cc(Cl)c1. The van der Waals surface area contributed by atoms with Crippen LogP contribution in [0.2, 0.25) is 10.0 Å². The number of halogens is 2. The van der Waals surface area contributed by atoms with Gasteiger partial charge in [-0.1, -0.05) is 65.7 Å². The molecule has 0 amide bonds. The molecule has 7 heteroatoms. The predicted molar refractivity (Wildman–Crippen MR) is 136 cm³/mol. The molecule has 34 heavy (non-hydrogen) atoms. The Morgan fingerprint density at radius 1 is 1.03 bits per heavy atom. The number of nitrogens with one attached hydrogen (secondary N) is 1. The molecule has 5 rings (SSSR count). The van der Waals surface area contributed by atoms with Crippen molar-refractivity contribution in [3.05, 3.63) is 99.8 Å². The lowest BCUT2D eigenvalue weighted by Gasteiger charge is -2.42. The van der Waals surface area contributed by atoms with Gasteiger partial charge in [-0.15, -0.1) is 0 Å². The molecule has 1 aliphatic rings. The molecule has 4 aromatic rings. The number of aromatic nitrogens is 2. The number of hydrogen-bond donors (Lipinski definition) is 2. The molecule has 2 N–H and O–H groups in total. The van der Waals surface area contributed by atoms with Gasteiger partial charge < -0.3 is 14.8 Å². The van der Waals surface area contributed by atoms with Gasteiger partial charge in [0.1, 0.15) is 11.9 Å². The highest BCUT2D eigenvalue weighted by molar-refractivity contribution is 6.34. The highest BCUT2D eigenvalue weighted by Gasteiger charge is 2.35. The van der Waals surface area contributed by atoms with Gasteiger partial charge in [0.15, 0.2) is 0 Å². The average Bonchev–Trinajstić information content (AvgIpc) is 3.25. The van der Waals surface area contributed by atoms with E-state index in [0.717, 1.165) is 41.8 Å². The minimum Gasteiger partial charge on any atom is -0.393 e. The Labute approximate surface area is 209 Å². The molecule has 2 heterocycles. The normalized spacial score (nSPS) is 20.0. The van der Waals surface area contributed by atoms with Crippen molar-refractivity contribution in [3.8, 4) is 0 Å². The number of aromatic amines is 1. The van der Waals surface area contributed by atoms with Crippen molar-refractivity contribution < 1.29 is 9.84 Å². The second-order valence-corrected chi connectivity index (χ2v) is 9.59. The Morgan fingerprint density at radius 2 is 1.76 bits per heavy atom. The lowest BCUT2D eigenvalue weighted by atomic mass is 9.91. The standard InChI is InChI=1S/C27H27Cl2N3O2/c28-20-13-19(14-21(29)15-20)25(17-33)34-24-11-6-12-32(27(24)18-7-2-1-3-8-18)16-26-30-22-9-4-5-10-23(22)31-26/h1-5,7-10,13-15,24-25,27,33H,6,11-12,16-17H2,(H,30,31)/t24-,25-,27-/m0/s1. The Morgan fingerprint density at radius 3 is 2.50 bits per heavy atom. The predicted octanol–water partition coefficient (Wildman–Crippen LogP) is 6.33. The van der Waals surface area contributed by atoms with E-state index in [2.05, 4.69) is 34.1 Å². The van der Waals surface area contributed by atoms with Crippen molar-refractivity contribution in [2.45, 2.75) is 37.6 Å². The number of benzene rings is 3. The van der Waals surface area contributed by atoms with Crippen LogP contribution in [0.4, 0.5) is 0 Å². The number of para-hydroxylation sites is 2. The molecule has 0 spiro atoms. The number of likely N-dealkylation sites (tertiary alicyclic amines) is 1. The van der Waals surface area contributed by atoms with Crippen molar-refractivity contribution in [1.29, 1.82) is 0 Å². The second kappa shape index (κ2) is 10.5. The van der Waals surface area contributed by atoms with Gasteiger partial charge >= 0.3 is 0 Å². The van der Waals surface area contributed by atoms with Gasteiger partial charge in [0.25, 0.3) is 0 Å². The van der Waals surface area contributed by atoms with Crippen molar-refractivity contribution in [1.82, 2.24) is 14.9 Å². The number of rotatable bonds is 7. The van der Waals surface area contributed by atoms with E-state index in [1.165, 1.54) is 5.56 Å². The number of ether oxygens (including phenoxy) is 1.